The van der Waals surface area contributed by atoms with Gasteiger partial charge in [-0.2, -0.15) is 0 Å². The highest BCUT2D eigenvalue weighted by atomic mass is 32.1. The van der Waals surface area contributed by atoms with Crippen LogP contribution in [0.3, 0.4) is 0 Å². The van der Waals surface area contributed by atoms with Crippen molar-refractivity contribution in [2.24, 2.45) is 29.6 Å². The van der Waals surface area contributed by atoms with Crippen LogP contribution in [0.2, 0.25) is 0 Å². The zero-order valence-electron chi connectivity index (χ0n) is 14.5. The molecule has 0 aromatic rings. The van der Waals surface area contributed by atoms with Crippen LogP contribution >= 0.6 is 12.8 Å². The number of carbonyl (C=O) groups excluding carboxylic acids is 1. The molecule has 3 heteroatoms. The fourth-order valence-corrected chi connectivity index (χ4v) is 5.52. The van der Waals surface area contributed by atoms with Crippen molar-refractivity contribution in [2.45, 2.75) is 78.1 Å². The van der Waals surface area contributed by atoms with Crippen LogP contribution in [0.15, 0.2) is 0 Å². The summed E-state index contributed by atoms with van der Waals surface area (Å²) in [4.78, 5) is 9.59. The molecule has 0 spiro atoms. The van der Waals surface area contributed by atoms with E-state index in [-0.39, 0.29) is 0 Å². The maximum atomic E-state index is 9.59. The monoisotopic (exact) mass is 325 g/mol. The number of hydrogen-bond donors (Lipinski definition) is 1. The van der Waals surface area contributed by atoms with Gasteiger partial charge < -0.3 is 0 Å². The van der Waals surface area contributed by atoms with Gasteiger partial charge in [-0.25, -0.2) is 0 Å². The van der Waals surface area contributed by atoms with Crippen molar-refractivity contribution in [1.82, 2.24) is 4.31 Å². The first-order valence-corrected chi connectivity index (χ1v) is 10.0. The molecule has 3 rings (SSSR count). The number of hydrogen-bond acceptors (Lipinski definition) is 2. The molecular formula is C19H35NOS. The quantitative estimate of drug-likeness (QED) is 0.548. The van der Waals surface area contributed by atoms with Crippen molar-refractivity contribution in [3.63, 3.8) is 0 Å². The van der Waals surface area contributed by atoms with Crippen LogP contribution in [-0.2, 0) is 4.79 Å². The molecule has 0 N–H and O–H groups in total. The Morgan fingerprint density at radius 2 is 1.64 bits per heavy atom. The lowest BCUT2D eigenvalue weighted by Gasteiger charge is -2.50. The van der Waals surface area contributed by atoms with Crippen LogP contribution in [0.4, 0.5) is 0 Å². The smallest absolute Gasteiger partial charge is 0.219 e. The van der Waals surface area contributed by atoms with Crippen LogP contribution in [0.25, 0.3) is 0 Å². The molecule has 3 aliphatic rings. The van der Waals surface area contributed by atoms with Crippen molar-refractivity contribution in [2.75, 3.05) is 6.54 Å². The van der Waals surface area contributed by atoms with Crippen LogP contribution in [0, 0.1) is 29.6 Å². The molecule has 3 fully saturated rings. The Morgan fingerprint density at radius 3 is 2.27 bits per heavy atom. The van der Waals surface area contributed by atoms with Gasteiger partial charge in [0.2, 0.25) is 6.41 Å². The van der Waals surface area contributed by atoms with Crippen LogP contribution < -0.4 is 0 Å². The van der Waals surface area contributed by atoms with Gasteiger partial charge in [0.05, 0.1) is 0 Å². The average molecular weight is 326 g/mol. The highest BCUT2D eigenvalue weighted by molar-refractivity contribution is 7.78. The Hall–Kier alpha value is -0.180. The molecule has 1 amide bonds. The van der Waals surface area contributed by atoms with Gasteiger partial charge in [0.15, 0.2) is 0 Å². The molecular weight excluding hydrogens is 290 g/mol. The van der Waals surface area contributed by atoms with Crippen molar-refractivity contribution < 1.29 is 4.79 Å². The summed E-state index contributed by atoms with van der Waals surface area (Å²) in [6.45, 7) is 4.94. The molecule has 2 nitrogen and oxygen atoms in total. The molecule has 0 bridgehead atoms. The number of thiol groups is 1. The second kappa shape index (κ2) is 9.20. The number of amides is 1. The fraction of sp³-hybridized carbons (Fsp3) is 0.947. The molecule has 5 atom stereocenters. The van der Waals surface area contributed by atoms with E-state index in [2.05, 4.69) is 19.7 Å². The van der Waals surface area contributed by atoms with Gasteiger partial charge in [-0.3, -0.25) is 9.10 Å². The van der Waals surface area contributed by atoms with E-state index in [9.17, 15) is 4.79 Å². The number of nitrogens with zero attached hydrogens (tertiary/aromatic N) is 1. The minimum atomic E-state index is 0.659. The third kappa shape index (κ3) is 4.43. The summed E-state index contributed by atoms with van der Waals surface area (Å²) in [6, 6.07) is 0. The topological polar surface area (TPSA) is 20.3 Å². The zero-order chi connectivity index (χ0) is 15.9. The van der Waals surface area contributed by atoms with Crippen molar-refractivity contribution in [3.05, 3.63) is 0 Å². The highest BCUT2D eigenvalue weighted by Crippen LogP contribution is 2.53. The largest absolute Gasteiger partial charge is 0.292 e. The number of carbonyl (C=O) groups is 1. The van der Waals surface area contributed by atoms with E-state index in [1.807, 2.05) is 6.92 Å². The van der Waals surface area contributed by atoms with Crippen molar-refractivity contribution >= 4 is 19.2 Å². The molecule has 0 aromatic heterocycles. The van der Waals surface area contributed by atoms with E-state index in [4.69, 9.17) is 0 Å². The lowest BCUT2D eigenvalue weighted by Crippen LogP contribution is -2.41. The van der Waals surface area contributed by atoms with Gasteiger partial charge in [-0.05, 0) is 62.2 Å². The molecule has 0 saturated heterocycles. The predicted octanol–water partition coefficient (Wildman–Crippen LogP) is 5.34. The van der Waals surface area contributed by atoms with Gasteiger partial charge in [0, 0.05) is 6.54 Å². The summed E-state index contributed by atoms with van der Waals surface area (Å²) >= 11 is 3.70. The number of fused-ring (bicyclic) bond motifs is 3. The molecule has 0 aromatic carbocycles. The van der Waals surface area contributed by atoms with Crippen molar-refractivity contribution in [3.8, 4) is 0 Å². The van der Waals surface area contributed by atoms with Crippen LogP contribution in [0.5, 0.6) is 0 Å². The molecule has 22 heavy (non-hydrogen) atoms. The molecule has 0 heterocycles. The summed E-state index contributed by atoms with van der Waals surface area (Å²) in [5, 5.41) is 0. The highest BCUT2D eigenvalue weighted by Gasteiger charge is 2.43. The standard InChI is InChI=1S/C16H28.C3H7NOS/c1-2-12-7-5-9-16-14-8-4-3-6-13(14)10-11-15(12)16;1-2-4(6)3-5/h12-16H,2-11H2,1H3;3,6H,2H2,1H3. The normalized spacial score (nSPS) is 37.1. The Bertz CT molecular complexity index is 329. The summed E-state index contributed by atoms with van der Waals surface area (Å²) < 4.78 is 1.26. The Morgan fingerprint density at radius 1 is 0.909 bits per heavy atom. The van der Waals surface area contributed by atoms with Crippen LogP contribution in [-0.4, -0.2) is 17.3 Å². The fourth-order valence-electron chi connectivity index (χ4n) is 5.52. The summed E-state index contributed by atoms with van der Waals surface area (Å²) in [5.41, 5.74) is 0. The van der Waals surface area contributed by atoms with E-state index in [1.54, 1.807) is 51.4 Å². The minimum Gasteiger partial charge on any atom is -0.292 e. The molecule has 128 valence electrons. The molecule has 3 saturated carbocycles. The lowest BCUT2D eigenvalue weighted by molar-refractivity contribution is -0.113. The van der Waals surface area contributed by atoms with E-state index < -0.39 is 0 Å². The van der Waals surface area contributed by atoms with E-state index in [0.29, 0.717) is 13.0 Å². The first-order chi connectivity index (χ1) is 10.7. The van der Waals surface area contributed by atoms with E-state index in [0.717, 1.165) is 29.6 Å². The number of rotatable bonds is 3. The predicted molar refractivity (Wildman–Crippen MR) is 96.7 cm³/mol. The van der Waals surface area contributed by atoms with Gasteiger partial charge in [-0.1, -0.05) is 58.3 Å². The van der Waals surface area contributed by atoms with Gasteiger partial charge in [0.25, 0.3) is 0 Å². The third-order valence-corrected chi connectivity index (χ3v) is 7.00. The molecule has 5 unspecified atom stereocenters. The van der Waals surface area contributed by atoms with Gasteiger partial charge in [0.1, 0.15) is 0 Å². The zero-order valence-corrected chi connectivity index (χ0v) is 15.4. The van der Waals surface area contributed by atoms with Crippen LogP contribution in [0.1, 0.15) is 78.1 Å². The van der Waals surface area contributed by atoms with Gasteiger partial charge in [-0.15, -0.1) is 0 Å². The second-order valence-corrected chi connectivity index (χ2v) is 8.09. The molecule has 0 aliphatic heterocycles. The summed E-state index contributed by atoms with van der Waals surface area (Å²) in [6.07, 6.45) is 16.2. The Labute approximate surface area is 143 Å². The van der Waals surface area contributed by atoms with Gasteiger partial charge >= 0.3 is 0 Å². The lowest BCUT2D eigenvalue weighted by atomic mass is 9.55. The second-order valence-electron chi connectivity index (χ2n) is 7.57. The first kappa shape index (κ1) is 18.2. The third-order valence-electron chi connectivity index (χ3n) is 6.63. The molecule has 0 radical (unpaired) electrons. The van der Waals surface area contributed by atoms with E-state index >= 15 is 0 Å². The maximum absolute atomic E-state index is 9.59. The van der Waals surface area contributed by atoms with Crippen molar-refractivity contribution in [1.29, 1.82) is 0 Å². The summed E-state index contributed by atoms with van der Waals surface area (Å²) in [5.74, 6) is 5.69. The Kier molecular flexibility index (Phi) is 7.59. The SMILES string of the molecule is CCC1CCCC2C1CCC1CCCCC12.CCN(S)C=O. The van der Waals surface area contributed by atoms with E-state index in [1.165, 1.54) is 17.1 Å². The average Bonchev–Trinajstić information content (AvgIpc) is 2.60. The summed E-state index contributed by atoms with van der Waals surface area (Å²) in [7, 11) is 0. The Balaban J connectivity index is 0.000000254. The minimum absolute atomic E-state index is 0.659. The first-order valence-electron chi connectivity index (χ1n) is 9.62. The maximum Gasteiger partial charge on any atom is 0.219 e. The molecule has 3 aliphatic carbocycles.